The fourth-order valence-corrected chi connectivity index (χ4v) is 1.57. The molecule has 5 nitrogen and oxygen atoms in total. The van der Waals surface area contributed by atoms with Gasteiger partial charge in [0.2, 0.25) is 5.91 Å². The fourth-order valence-electron chi connectivity index (χ4n) is 1.57. The summed E-state index contributed by atoms with van der Waals surface area (Å²) in [6, 6.07) is 6.29. The Labute approximate surface area is 118 Å². The van der Waals surface area contributed by atoms with E-state index in [1.165, 1.54) is 12.1 Å². The molecule has 0 spiro atoms. The average molecular weight is 280 g/mol. The molecule has 0 aromatic heterocycles. The molecular weight excluding hydrogens is 259 g/mol. The average Bonchev–Trinajstić information content (AvgIpc) is 2.42. The zero-order valence-corrected chi connectivity index (χ0v) is 11.9. The Balaban J connectivity index is 2.56. The van der Waals surface area contributed by atoms with Gasteiger partial charge in [0.25, 0.3) is 0 Å². The number of hydrogen-bond acceptors (Lipinski definition) is 2. The number of hydrogen-bond donors (Lipinski definition) is 3. The molecule has 1 amide bonds. The number of guanidine groups is 1. The number of amides is 1. The van der Waals surface area contributed by atoms with Crippen LogP contribution in [0.25, 0.3) is 0 Å². The highest BCUT2D eigenvalue weighted by atomic mass is 19.1. The van der Waals surface area contributed by atoms with Crippen molar-refractivity contribution < 1.29 is 9.18 Å². The van der Waals surface area contributed by atoms with Crippen LogP contribution in [0.3, 0.4) is 0 Å². The molecule has 6 heteroatoms. The van der Waals surface area contributed by atoms with Crippen LogP contribution < -0.4 is 16.0 Å². The van der Waals surface area contributed by atoms with Gasteiger partial charge < -0.3 is 16.0 Å². The summed E-state index contributed by atoms with van der Waals surface area (Å²) in [7, 11) is 0. The molecule has 0 atom stereocenters. The lowest BCUT2D eigenvalue weighted by Gasteiger charge is -2.11. The fraction of sp³-hybridized carbons (Fsp3) is 0.429. The Kier molecular flexibility index (Phi) is 7.10. The molecule has 0 radical (unpaired) electrons. The van der Waals surface area contributed by atoms with Gasteiger partial charge in [-0.3, -0.25) is 4.79 Å². The van der Waals surface area contributed by atoms with E-state index in [-0.39, 0.29) is 18.3 Å². The summed E-state index contributed by atoms with van der Waals surface area (Å²) in [5.41, 5.74) is 0.778. The number of halogens is 1. The number of carbonyl (C=O) groups excluding carboxylic acids is 1. The molecular formula is C14H21FN4O. The Bertz CT molecular complexity index is 462. The van der Waals surface area contributed by atoms with Crippen molar-refractivity contribution in [1.82, 2.24) is 16.0 Å². The van der Waals surface area contributed by atoms with Gasteiger partial charge in [-0.25, -0.2) is 9.38 Å². The monoisotopic (exact) mass is 280 g/mol. The lowest BCUT2D eigenvalue weighted by atomic mass is 10.2. The highest BCUT2D eigenvalue weighted by Crippen LogP contribution is 2.04. The van der Waals surface area contributed by atoms with Gasteiger partial charge in [-0.05, 0) is 31.5 Å². The van der Waals surface area contributed by atoms with Crippen molar-refractivity contribution in [3.05, 3.63) is 35.6 Å². The second-order valence-electron chi connectivity index (χ2n) is 4.13. The van der Waals surface area contributed by atoms with Gasteiger partial charge in [-0.15, -0.1) is 0 Å². The third-order valence-electron chi connectivity index (χ3n) is 2.44. The van der Waals surface area contributed by atoms with Gasteiger partial charge in [0.05, 0.1) is 13.1 Å². The standard InChI is InChI=1S/C14H21FN4O/c1-3-16-13(20)10-19-14(17-4-2)18-9-11-6-5-7-12(15)8-11/h5-8H,3-4,9-10H2,1-2H3,(H,16,20)(H2,17,18,19). The number of nitrogens with zero attached hydrogens (tertiary/aromatic N) is 1. The van der Waals surface area contributed by atoms with Crippen LogP contribution in [0.4, 0.5) is 4.39 Å². The first-order valence-corrected chi connectivity index (χ1v) is 6.69. The smallest absolute Gasteiger partial charge is 0.239 e. The minimum atomic E-state index is -0.280. The molecule has 0 aliphatic heterocycles. The quantitative estimate of drug-likeness (QED) is 0.538. The predicted molar refractivity (Wildman–Crippen MR) is 77.9 cm³/mol. The van der Waals surface area contributed by atoms with Crippen LogP contribution in [-0.2, 0) is 11.3 Å². The molecule has 110 valence electrons. The van der Waals surface area contributed by atoms with E-state index < -0.39 is 0 Å². The molecule has 0 saturated carbocycles. The molecule has 0 aliphatic rings. The minimum Gasteiger partial charge on any atom is -0.357 e. The Morgan fingerprint density at radius 3 is 2.60 bits per heavy atom. The number of rotatable bonds is 6. The van der Waals surface area contributed by atoms with Gasteiger partial charge in [-0.1, -0.05) is 12.1 Å². The van der Waals surface area contributed by atoms with Crippen molar-refractivity contribution >= 4 is 11.9 Å². The number of aliphatic imine (C=N–C) groups is 1. The van der Waals surface area contributed by atoms with Crippen molar-refractivity contribution in [2.24, 2.45) is 4.99 Å². The normalized spacial score (nSPS) is 11.1. The van der Waals surface area contributed by atoms with Crippen LogP contribution in [0.1, 0.15) is 19.4 Å². The number of benzene rings is 1. The van der Waals surface area contributed by atoms with Crippen LogP contribution in [0.2, 0.25) is 0 Å². The van der Waals surface area contributed by atoms with E-state index in [2.05, 4.69) is 20.9 Å². The Morgan fingerprint density at radius 1 is 1.20 bits per heavy atom. The largest absolute Gasteiger partial charge is 0.357 e. The molecule has 0 fully saturated rings. The molecule has 1 aromatic rings. The van der Waals surface area contributed by atoms with Crippen molar-refractivity contribution in [2.75, 3.05) is 19.6 Å². The maximum atomic E-state index is 13.0. The van der Waals surface area contributed by atoms with E-state index in [1.54, 1.807) is 12.1 Å². The number of nitrogens with one attached hydrogen (secondary N) is 3. The summed E-state index contributed by atoms with van der Waals surface area (Å²) in [6.07, 6.45) is 0. The lowest BCUT2D eigenvalue weighted by Crippen LogP contribution is -2.43. The molecule has 0 saturated heterocycles. The maximum absolute atomic E-state index is 13.0. The van der Waals surface area contributed by atoms with Crippen LogP contribution in [0.15, 0.2) is 29.3 Å². The van der Waals surface area contributed by atoms with E-state index >= 15 is 0 Å². The second-order valence-corrected chi connectivity index (χ2v) is 4.13. The molecule has 1 aromatic carbocycles. The van der Waals surface area contributed by atoms with Gasteiger partial charge in [-0.2, -0.15) is 0 Å². The molecule has 0 heterocycles. The van der Waals surface area contributed by atoms with Crippen molar-refractivity contribution in [2.45, 2.75) is 20.4 Å². The first-order chi connectivity index (χ1) is 9.65. The van der Waals surface area contributed by atoms with Crippen molar-refractivity contribution in [3.8, 4) is 0 Å². The van der Waals surface area contributed by atoms with E-state index in [0.717, 1.165) is 5.56 Å². The first kappa shape index (κ1) is 15.9. The van der Waals surface area contributed by atoms with E-state index in [0.29, 0.717) is 25.6 Å². The number of likely N-dealkylation sites (N-methyl/N-ethyl adjacent to an activating group) is 1. The SMILES string of the molecule is CCNC(=O)CNC(=NCc1cccc(F)c1)NCC. The van der Waals surface area contributed by atoms with Crippen LogP contribution in [0.5, 0.6) is 0 Å². The highest BCUT2D eigenvalue weighted by molar-refractivity contribution is 5.86. The third-order valence-corrected chi connectivity index (χ3v) is 2.44. The zero-order chi connectivity index (χ0) is 14.8. The summed E-state index contributed by atoms with van der Waals surface area (Å²) < 4.78 is 13.0. The molecule has 3 N–H and O–H groups in total. The topological polar surface area (TPSA) is 65.5 Å². The zero-order valence-electron chi connectivity index (χ0n) is 11.9. The number of carbonyl (C=O) groups is 1. The van der Waals surface area contributed by atoms with Gasteiger partial charge in [0.15, 0.2) is 5.96 Å². The van der Waals surface area contributed by atoms with E-state index in [4.69, 9.17) is 0 Å². The maximum Gasteiger partial charge on any atom is 0.239 e. The molecule has 1 rings (SSSR count). The van der Waals surface area contributed by atoms with Crippen molar-refractivity contribution in [3.63, 3.8) is 0 Å². The van der Waals surface area contributed by atoms with E-state index in [9.17, 15) is 9.18 Å². The third kappa shape index (κ3) is 6.17. The predicted octanol–water partition coefficient (Wildman–Crippen LogP) is 1.02. The molecule has 0 bridgehead atoms. The van der Waals surface area contributed by atoms with Gasteiger partial charge in [0, 0.05) is 13.1 Å². The van der Waals surface area contributed by atoms with Crippen LogP contribution in [0, 0.1) is 5.82 Å². The van der Waals surface area contributed by atoms with Gasteiger partial charge in [0.1, 0.15) is 5.82 Å². The highest BCUT2D eigenvalue weighted by Gasteiger charge is 2.02. The minimum absolute atomic E-state index is 0.0936. The summed E-state index contributed by atoms with van der Waals surface area (Å²) in [4.78, 5) is 15.7. The molecule has 20 heavy (non-hydrogen) atoms. The Morgan fingerprint density at radius 2 is 1.95 bits per heavy atom. The van der Waals surface area contributed by atoms with Gasteiger partial charge >= 0.3 is 0 Å². The summed E-state index contributed by atoms with van der Waals surface area (Å²) >= 11 is 0. The first-order valence-electron chi connectivity index (χ1n) is 6.69. The lowest BCUT2D eigenvalue weighted by molar-refractivity contribution is -0.119. The summed E-state index contributed by atoms with van der Waals surface area (Å²) in [5, 5.41) is 8.64. The van der Waals surface area contributed by atoms with Crippen LogP contribution >= 0.6 is 0 Å². The second kappa shape index (κ2) is 8.90. The van der Waals surface area contributed by atoms with Crippen molar-refractivity contribution in [1.29, 1.82) is 0 Å². The van der Waals surface area contributed by atoms with E-state index in [1.807, 2.05) is 13.8 Å². The summed E-state index contributed by atoms with van der Waals surface area (Å²) in [5.74, 6) is 0.157. The van der Waals surface area contributed by atoms with Crippen LogP contribution in [-0.4, -0.2) is 31.5 Å². The Hall–Kier alpha value is -2.11. The molecule has 0 unspecified atom stereocenters. The molecule has 0 aliphatic carbocycles. The summed E-state index contributed by atoms with van der Waals surface area (Å²) in [6.45, 7) is 5.58.